The summed E-state index contributed by atoms with van der Waals surface area (Å²) in [6.07, 6.45) is 1.17. The minimum atomic E-state index is -1.20. The molecular weight excluding hydrogens is 270 g/mol. The summed E-state index contributed by atoms with van der Waals surface area (Å²) in [5, 5.41) is 12.0. The van der Waals surface area contributed by atoms with Crippen LogP contribution in [0.4, 0.5) is 0 Å². The molecule has 0 aliphatic heterocycles. The van der Waals surface area contributed by atoms with Gasteiger partial charge in [0.15, 0.2) is 0 Å². The molecule has 1 aromatic heterocycles. The van der Waals surface area contributed by atoms with Crippen LogP contribution < -0.4 is 5.32 Å². The van der Waals surface area contributed by atoms with Crippen molar-refractivity contribution in [3.8, 4) is 0 Å². The van der Waals surface area contributed by atoms with Gasteiger partial charge in [-0.25, -0.2) is 4.79 Å². The number of benzene rings is 1. The van der Waals surface area contributed by atoms with Crippen LogP contribution in [0.2, 0.25) is 5.02 Å². The average Bonchev–Trinajstić information content (AvgIpc) is 2.87. The Balaban J connectivity index is 2.03. The fraction of sp³-hybridized carbons (Fsp3) is 0.0769. The summed E-state index contributed by atoms with van der Waals surface area (Å²) in [7, 11) is 0. The maximum Gasteiger partial charge on any atom is 0.339 e. The van der Waals surface area contributed by atoms with Gasteiger partial charge in [0.25, 0.3) is 5.91 Å². The smallest absolute Gasteiger partial charge is 0.339 e. The molecule has 0 radical (unpaired) electrons. The van der Waals surface area contributed by atoms with Crippen LogP contribution in [0.25, 0.3) is 0 Å². The zero-order valence-corrected chi connectivity index (χ0v) is 10.5. The van der Waals surface area contributed by atoms with Crippen molar-refractivity contribution in [1.29, 1.82) is 0 Å². The predicted molar refractivity (Wildman–Crippen MR) is 68.3 cm³/mol. The molecule has 2 aromatic rings. The number of carboxylic acids is 1. The molecule has 0 atom stereocenters. The normalized spacial score (nSPS) is 10.2. The highest BCUT2D eigenvalue weighted by atomic mass is 35.5. The van der Waals surface area contributed by atoms with Crippen LogP contribution in [-0.2, 0) is 6.54 Å². The van der Waals surface area contributed by atoms with Crippen molar-refractivity contribution in [3.63, 3.8) is 0 Å². The molecule has 5 nitrogen and oxygen atoms in total. The highest BCUT2D eigenvalue weighted by Crippen LogP contribution is 2.12. The van der Waals surface area contributed by atoms with Crippen LogP contribution in [0, 0.1) is 0 Å². The number of furan rings is 1. The molecule has 6 heteroatoms. The SMILES string of the molecule is O=C(O)c1ccoc1C(=O)NCc1ccc(Cl)cc1. The minimum absolute atomic E-state index is 0.159. The second kappa shape index (κ2) is 5.58. The van der Waals surface area contributed by atoms with Gasteiger partial charge in [-0.3, -0.25) is 4.79 Å². The second-order valence-electron chi connectivity index (χ2n) is 3.78. The number of hydrogen-bond donors (Lipinski definition) is 2. The van der Waals surface area contributed by atoms with Crippen LogP contribution >= 0.6 is 11.6 Å². The molecule has 0 fully saturated rings. The molecule has 0 saturated carbocycles. The maximum atomic E-state index is 11.8. The number of carbonyl (C=O) groups is 2. The largest absolute Gasteiger partial charge is 0.478 e. The van der Waals surface area contributed by atoms with E-state index in [2.05, 4.69) is 5.32 Å². The Morgan fingerprint density at radius 1 is 1.21 bits per heavy atom. The topological polar surface area (TPSA) is 79.5 Å². The lowest BCUT2D eigenvalue weighted by atomic mass is 10.2. The molecule has 0 spiro atoms. The lowest BCUT2D eigenvalue weighted by Crippen LogP contribution is -2.24. The first-order valence-corrected chi connectivity index (χ1v) is 5.79. The fourth-order valence-electron chi connectivity index (χ4n) is 1.52. The van der Waals surface area contributed by atoms with Gasteiger partial charge >= 0.3 is 5.97 Å². The van der Waals surface area contributed by atoms with E-state index in [1.807, 2.05) is 0 Å². The van der Waals surface area contributed by atoms with Crippen LogP contribution in [0.3, 0.4) is 0 Å². The van der Waals surface area contributed by atoms with Gasteiger partial charge in [0.05, 0.1) is 6.26 Å². The maximum absolute atomic E-state index is 11.8. The Hall–Kier alpha value is -2.27. The number of carboxylic acid groups (broad SMARTS) is 1. The molecule has 1 amide bonds. The Morgan fingerprint density at radius 3 is 2.53 bits per heavy atom. The summed E-state index contributed by atoms with van der Waals surface area (Å²) in [4.78, 5) is 22.6. The van der Waals surface area contributed by atoms with Gasteiger partial charge in [0, 0.05) is 11.6 Å². The van der Waals surface area contributed by atoms with E-state index in [0.717, 1.165) is 5.56 Å². The monoisotopic (exact) mass is 279 g/mol. The molecule has 19 heavy (non-hydrogen) atoms. The third kappa shape index (κ3) is 3.14. The number of aromatic carboxylic acids is 1. The first kappa shape index (κ1) is 13.2. The van der Waals surface area contributed by atoms with Gasteiger partial charge in [-0.1, -0.05) is 23.7 Å². The van der Waals surface area contributed by atoms with Crippen molar-refractivity contribution < 1.29 is 19.1 Å². The van der Waals surface area contributed by atoms with Crippen molar-refractivity contribution in [1.82, 2.24) is 5.32 Å². The molecule has 0 bridgehead atoms. The second-order valence-corrected chi connectivity index (χ2v) is 4.21. The van der Waals surface area contributed by atoms with E-state index in [4.69, 9.17) is 21.1 Å². The fourth-order valence-corrected chi connectivity index (χ4v) is 1.64. The van der Waals surface area contributed by atoms with Gasteiger partial charge in [0.1, 0.15) is 5.56 Å². The molecule has 1 heterocycles. The summed E-state index contributed by atoms with van der Waals surface area (Å²) >= 11 is 5.74. The average molecular weight is 280 g/mol. The number of amides is 1. The van der Waals surface area contributed by atoms with E-state index in [1.54, 1.807) is 24.3 Å². The predicted octanol–water partition coefficient (Wildman–Crippen LogP) is 2.56. The van der Waals surface area contributed by atoms with E-state index in [9.17, 15) is 9.59 Å². The van der Waals surface area contributed by atoms with E-state index >= 15 is 0 Å². The molecule has 2 rings (SSSR count). The lowest BCUT2D eigenvalue weighted by Gasteiger charge is -2.04. The van der Waals surface area contributed by atoms with Crippen molar-refractivity contribution in [3.05, 3.63) is 58.5 Å². The standard InChI is InChI=1S/C13H10ClNO4/c14-9-3-1-8(2-4-9)7-15-12(16)11-10(13(17)18)5-6-19-11/h1-6H,7H2,(H,15,16)(H,17,18). The van der Waals surface area contributed by atoms with Crippen molar-refractivity contribution in [2.45, 2.75) is 6.54 Å². The van der Waals surface area contributed by atoms with Gasteiger partial charge in [-0.15, -0.1) is 0 Å². The van der Waals surface area contributed by atoms with Crippen molar-refractivity contribution in [2.75, 3.05) is 0 Å². The summed E-state index contributed by atoms with van der Waals surface area (Å²) in [5.74, 6) is -1.98. The van der Waals surface area contributed by atoms with Crippen molar-refractivity contribution >= 4 is 23.5 Å². The highest BCUT2D eigenvalue weighted by Gasteiger charge is 2.19. The number of halogens is 1. The minimum Gasteiger partial charge on any atom is -0.478 e. The number of carbonyl (C=O) groups excluding carboxylic acids is 1. The van der Waals surface area contributed by atoms with E-state index < -0.39 is 11.9 Å². The molecule has 0 aliphatic rings. The van der Waals surface area contributed by atoms with Crippen LogP contribution in [0.1, 0.15) is 26.5 Å². The molecule has 2 N–H and O–H groups in total. The highest BCUT2D eigenvalue weighted by molar-refractivity contribution is 6.30. The zero-order chi connectivity index (χ0) is 13.8. The molecule has 98 valence electrons. The summed E-state index contributed by atoms with van der Waals surface area (Å²) in [6, 6.07) is 8.18. The van der Waals surface area contributed by atoms with Gasteiger partial charge < -0.3 is 14.8 Å². The number of nitrogens with one attached hydrogen (secondary N) is 1. The third-order valence-corrected chi connectivity index (χ3v) is 2.72. The third-order valence-electron chi connectivity index (χ3n) is 2.47. The lowest BCUT2D eigenvalue weighted by molar-refractivity contribution is 0.0688. The molecule has 0 aliphatic carbocycles. The molecule has 1 aromatic carbocycles. The Kier molecular flexibility index (Phi) is 3.87. The van der Waals surface area contributed by atoms with Gasteiger partial charge in [-0.2, -0.15) is 0 Å². The van der Waals surface area contributed by atoms with E-state index in [0.29, 0.717) is 5.02 Å². The van der Waals surface area contributed by atoms with E-state index in [1.165, 1.54) is 12.3 Å². The van der Waals surface area contributed by atoms with Crippen molar-refractivity contribution in [2.24, 2.45) is 0 Å². The molecule has 0 saturated heterocycles. The number of rotatable bonds is 4. The van der Waals surface area contributed by atoms with Crippen LogP contribution in [0.5, 0.6) is 0 Å². The molecular formula is C13H10ClNO4. The van der Waals surface area contributed by atoms with Gasteiger partial charge in [-0.05, 0) is 23.8 Å². The zero-order valence-electron chi connectivity index (χ0n) is 9.72. The van der Waals surface area contributed by atoms with Crippen LogP contribution in [-0.4, -0.2) is 17.0 Å². The molecule has 0 unspecified atom stereocenters. The number of hydrogen-bond acceptors (Lipinski definition) is 3. The summed E-state index contributed by atoms with van der Waals surface area (Å²) in [5.41, 5.74) is 0.690. The van der Waals surface area contributed by atoms with Gasteiger partial charge in [0.2, 0.25) is 5.76 Å². The summed E-state index contributed by atoms with van der Waals surface area (Å²) < 4.78 is 4.88. The summed E-state index contributed by atoms with van der Waals surface area (Å²) in [6.45, 7) is 0.260. The van der Waals surface area contributed by atoms with Crippen LogP contribution in [0.15, 0.2) is 41.0 Å². The quantitative estimate of drug-likeness (QED) is 0.901. The Morgan fingerprint density at radius 2 is 1.89 bits per heavy atom. The Labute approximate surface area is 113 Å². The van der Waals surface area contributed by atoms with E-state index in [-0.39, 0.29) is 17.9 Å². The first-order chi connectivity index (χ1) is 9.08. The Bertz CT molecular complexity index is 603. The first-order valence-electron chi connectivity index (χ1n) is 5.41.